The molecule has 0 aromatic heterocycles. The van der Waals surface area contributed by atoms with Crippen LogP contribution in [0.15, 0.2) is 60.7 Å². The molecule has 0 heterocycles. The number of anilines is 1. The number of hydrogen-bond donors (Lipinski definition) is 2. The molecule has 0 amide bonds. The number of nitrogens with two attached hydrogens (primary N) is 2. The minimum Gasteiger partial charge on any atom is -0.399 e. The summed E-state index contributed by atoms with van der Waals surface area (Å²) in [5, 5.41) is 2.42. The maximum absolute atomic E-state index is 6.37. The fourth-order valence-corrected chi connectivity index (χ4v) is 2.69. The van der Waals surface area contributed by atoms with Crippen molar-refractivity contribution in [2.75, 3.05) is 5.73 Å². The Hall–Kier alpha value is -2.32. The van der Waals surface area contributed by atoms with Crippen molar-refractivity contribution in [3.63, 3.8) is 0 Å². The summed E-state index contributed by atoms with van der Waals surface area (Å²) >= 11 is 0. The summed E-state index contributed by atoms with van der Waals surface area (Å²) in [5.74, 6) is 0. The van der Waals surface area contributed by atoms with Crippen LogP contribution < -0.4 is 11.5 Å². The highest BCUT2D eigenvalue weighted by molar-refractivity contribution is 5.91. The third kappa shape index (κ3) is 2.63. The fraction of sp³-hybridized carbons (Fsp3) is 0.158. The van der Waals surface area contributed by atoms with Crippen molar-refractivity contribution in [2.24, 2.45) is 5.73 Å². The Bertz CT molecular complexity index is 781. The highest BCUT2D eigenvalue weighted by Gasteiger charge is 2.18. The van der Waals surface area contributed by atoms with E-state index in [0.717, 1.165) is 16.8 Å². The maximum Gasteiger partial charge on any atom is 0.0358 e. The zero-order valence-corrected chi connectivity index (χ0v) is 12.4. The van der Waals surface area contributed by atoms with Crippen LogP contribution in [-0.2, 0) is 5.54 Å². The van der Waals surface area contributed by atoms with Crippen molar-refractivity contribution >= 4 is 16.5 Å². The Balaban J connectivity index is 2.28. The van der Waals surface area contributed by atoms with E-state index in [9.17, 15) is 0 Å². The van der Waals surface area contributed by atoms with Crippen LogP contribution in [-0.4, -0.2) is 0 Å². The van der Waals surface area contributed by atoms with Gasteiger partial charge < -0.3 is 11.5 Å². The first-order valence-electron chi connectivity index (χ1n) is 7.13. The molecule has 3 aromatic rings. The lowest BCUT2D eigenvalue weighted by molar-refractivity contribution is 0.560. The summed E-state index contributed by atoms with van der Waals surface area (Å²) in [6.07, 6.45) is 0. The van der Waals surface area contributed by atoms with E-state index in [4.69, 9.17) is 11.5 Å². The third-order valence-electron chi connectivity index (χ3n) is 3.80. The van der Waals surface area contributed by atoms with Gasteiger partial charge in [0.2, 0.25) is 0 Å². The third-order valence-corrected chi connectivity index (χ3v) is 3.80. The van der Waals surface area contributed by atoms with Gasteiger partial charge in [0.1, 0.15) is 0 Å². The second kappa shape index (κ2) is 4.90. The van der Waals surface area contributed by atoms with E-state index in [2.05, 4.69) is 36.4 Å². The molecule has 0 bridgehead atoms. The van der Waals surface area contributed by atoms with Crippen LogP contribution in [0, 0.1) is 0 Å². The molecule has 3 rings (SSSR count). The van der Waals surface area contributed by atoms with Gasteiger partial charge in [0, 0.05) is 11.2 Å². The topological polar surface area (TPSA) is 52.0 Å². The van der Waals surface area contributed by atoms with Gasteiger partial charge in [-0.25, -0.2) is 0 Å². The number of fused-ring (bicyclic) bond motifs is 1. The van der Waals surface area contributed by atoms with Gasteiger partial charge in [0.25, 0.3) is 0 Å². The first-order valence-corrected chi connectivity index (χ1v) is 7.13. The number of rotatable bonds is 2. The summed E-state index contributed by atoms with van der Waals surface area (Å²) in [5.41, 5.74) is 16.0. The standard InChI is InChI=1S/C19H20N2/c1-19(2,21)18-12-15(13-7-9-16(20)10-8-13)11-14-5-3-4-6-17(14)18/h3-12H,20-21H2,1-2H3. The van der Waals surface area contributed by atoms with E-state index < -0.39 is 0 Å². The van der Waals surface area contributed by atoms with Gasteiger partial charge in [-0.15, -0.1) is 0 Å². The van der Waals surface area contributed by atoms with Crippen LogP contribution in [0.4, 0.5) is 5.69 Å². The predicted molar refractivity (Wildman–Crippen MR) is 91.0 cm³/mol. The zero-order valence-electron chi connectivity index (χ0n) is 12.4. The van der Waals surface area contributed by atoms with Crippen molar-refractivity contribution < 1.29 is 0 Å². The van der Waals surface area contributed by atoms with Gasteiger partial charge in [0.05, 0.1) is 0 Å². The fourth-order valence-electron chi connectivity index (χ4n) is 2.69. The second-order valence-corrected chi connectivity index (χ2v) is 6.09. The summed E-state index contributed by atoms with van der Waals surface area (Å²) < 4.78 is 0. The minimum absolute atomic E-state index is 0.385. The van der Waals surface area contributed by atoms with Gasteiger partial charge in [-0.3, -0.25) is 0 Å². The molecule has 0 aliphatic rings. The van der Waals surface area contributed by atoms with Gasteiger partial charge in [-0.2, -0.15) is 0 Å². The first kappa shape index (κ1) is 13.7. The summed E-state index contributed by atoms with van der Waals surface area (Å²) in [6.45, 7) is 4.09. The van der Waals surface area contributed by atoms with Crippen LogP contribution in [0.3, 0.4) is 0 Å². The molecule has 0 aliphatic carbocycles. The average Bonchev–Trinajstić information content (AvgIpc) is 2.46. The van der Waals surface area contributed by atoms with Crippen molar-refractivity contribution in [3.05, 3.63) is 66.2 Å². The molecule has 0 unspecified atom stereocenters. The monoisotopic (exact) mass is 276 g/mol. The van der Waals surface area contributed by atoms with E-state index in [1.165, 1.54) is 16.3 Å². The van der Waals surface area contributed by atoms with Gasteiger partial charge in [0.15, 0.2) is 0 Å². The molecule has 0 radical (unpaired) electrons. The molecule has 0 spiro atoms. The van der Waals surface area contributed by atoms with Crippen molar-refractivity contribution in [3.8, 4) is 11.1 Å². The molecular formula is C19H20N2. The molecule has 106 valence electrons. The van der Waals surface area contributed by atoms with E-state index in [-0.39, 0.29) is 5.54 Å². The predicted octanol–water partition coefficient (Wildman–Crippen LogP) is 4.28. The first-order chi connectivity index (χ1) is 9.95. The lowest BCUT2D eigenvalue weighted by Gasteiger charge is -2.23. The normalized spacial score (nSPS) is 11.8. The molecule has 21 heavy (non-hydrogen) atoms. The molecule has 2 nitrogen and oxygen atoms in total. The number of nitrogen functional groups attached to an aromatic ring is 1. The Kier molecular flexibility index (Phi) is 3.19. The molecule has 0 saturated carbocycles. The van der Waals surface area contributed by atoms with Crippen LogP contribution in [0.2, 0.25) is 0 Å². The number of benzene rings is 3. The highest BCUT2D eigenvalue weighted by atomic mass is 14.7. The highest BCUT2D eigenvalue weighted by Crippen LogP contribution is 2.32. The van der Waals surface area contributed by atoms with E-state index in [1.54, 1.807) is 0 Å². The van der Waals surface area contributed by atoms with Crippen molar-refractivity contribution in [2.45, 2.75) is 19.4 Å². The van der Waals surface area contributed by atoms with Gasteiger partial charge >= 0.3 is 0 Å². The second-order valence-electron chi connectivity index (χ2n) is 6.09. The maximum atomic E-state index is 6.37. The molecule has 0 saturated heterocycles. The lowest BCUT2D eigenvalue weighted by atomic mass is 9.87. The number of hydrogen-bond acceptors (Lipinski definition) is 2. The van der Waals surface area contributed by atoms with E-state index in [1.807, 2.05) is 38.1 Å². The molecule has 0 fully saturated rings. The Morgan fingerprint density at radius 1 is 0.810 bits per heavy atom. The molecular weight excluding hydrogens is 256 g/mol. The van der Waals surface area contributed by atoms with Crippen LogP contribution in [0.25, 0.3) is 21.9 Å². The zero-order chi connectivity index (χ0) is 15.0. The molecule has 3 aromatic carbocycles. The summed E-state index contributed by atoms with van der Waals surface area (Å²) in [7, 11) is 0. The van der Waals surface area contributed by atoms with Crippen molar-refractivity contribution in [1.82, 2.24) is 0 Å². The van der Waals surface area contributed by atoms with Crippen LogP contribution in [0.1, 0.15) is 19.4 Å². The largest absolute Gasteiger partial charge is 0.399 e. The molecule has 2 heteroatoms. The average molecular weight is 276 g/mol. The minimum atomic E-state index is -0.385. The molecule has 0 aliphatic heterocycles. The Morgan fingerprint density at radius 2 is 1.48 bits per heavy atom. The molecule has 0 atom stereocenters. The van der Waals surface area contributed by atoms with Crippen LogP contribution in [0.5, 0.6) is 0 Å². The van der Waals surface area contributed by atoms with E-state index in [0.29, 0.717) is 0 Å². The lowest BCUT2D eigenvalue weighted by Crippen LogP contribution is -2.28. The van der Waals surface area contributed by atoms with Gasteiger partial charge in [-0.1, -0.05) is 36.4 Å². The SMILES string of the molecule is CC(C)(N)c1cc(-c2ccc(N)cc2)cc2ccccc12. The van der Waals surface area contributed by atoms with Crippen molar-refractivity contribution in [1.29, 1.82) is 0 Å². The Morgan fingerprint density at radius 3 is 2.14 bits per heavy atom. The smallest absolute Gasteiger partial charge is 0.0358 e. The Labute approximate surface area is 125 Å². The quantitative estimate of drug-likeness (QED) is 0.686. The summed E-state index contributed by atoms with van der Waals surface area (Å²) in [4.78, 5) is 0. The molecule has 4 N–H and O–H groups in total. The van der Waals surface area contributed by atoms with Crippen LogP contribution >= 0.6 is 0 Å². The van der Waals surface area contributed by atoms with E-state index >= 15 is 0 Å². The van der Waals surface area contributed by atoms with Gasteiger partial charge in [-0.05, 0) is 65.6 Å². The summed E-state index contributed by atoms with van der Waals surface area (Å²) in [6, 6.07) is 20.7.